The van der Waals surface area contributed by atoms with E-state index in [2.05, 4.69) is 0 Å². The van der Waals surface area contributed by atoms with Gasteiger partial charge in [-0.3, -0.25) is 4.79 Å². The summed E-state index contributed by atoms with van der Waals surface area (Å²) in [4.78, 5) is 13.6. The summed E-state index contributed by atoms with van der Waals surface area (Å²) in [5.74, 6) is 0.118. The molecule has 2 heterocycles. The lowest BCUT2D eigenvalue weighted by Gasteiger charge is -2.26. The quantitative estimate of drug-likeness (QED) is 0.664. The summed E-state index contributed by atoms with van der Waals surface area (Å²) < 4.78 is 5.32. The van der Waals surface area contributed by atoms with Gasteiger partial charge in [0, 0.05) is 12.1 Å². The Morgan fingerprint density at radius 2 is 2.07 bits per heavy atom. The average molecular weight is 189 g/mol. The van der Waals surface area contributed by atoms with E-state index in [0.29, 0.717) is 6.61 Å². The van der Waals surface area contributed by atoms with E-state index < -0.39 is 0 Å². The lowest BCUT2D eigenvalue weighted by Crippen LogP contribution is -2.41. The first-order valence-electron chi connectivity index (χ1n) is 4.86. The first kappa shape index (κ1) is 8.00. The molecule has 2 bridgehead atoms. The monoisotopic (exact) mass is 189 g/mol. The minimum atomic E-state index is -0.180. The van der Waals surface area contributed by atoms with Gasteiger partial charge in [0.25, 0.3) is 5.91 Å². The van der Waals surface area contributed by atoms with Crippen LogP contribution >= 0.6 is 0 Å². The van der Waals surface area contributed by atoms with Gasteiger partial charge in [0.05, 0.1) is 12.6 Å². The molecule has 0 radical (unpaired) electrons. The Bertz CT molecular complexity index is 363. The number of carbonyl (C=O) groups is 1. The minimum absolute atomic E-state index is 0.118. The van der Waals surface area contributed by atoms with E-state index in [9.17, 15) is 4.79 Å². The van der Waals surface area contributed by atoms with Crippen LogP contribution in [0.2, 0.25) is 0 Å². The maximum absolute atomic E-state index is 11.8. The number of hydrogen-bond donors (Lipinski definition) is 0. The maximum Gasteiger partial charge on any atom is 0.256 e. The van der Waals surface area contributed by atoms with Gasteiger partial charge in [-0.2, -0.15) is 0 Å². The Balaban J connectivity index is 1.97. The molecule has 1 aromatic rings. The summed E-state index contributed by atoms with van der Waals surface area (Å²) in [6, 6.07) is 10.1. The molecule has 3 heteroatoms. The number of rotatable bonds is 1. The number of morpholine rings is 1. The third-order valence-electron chi connectivity index (χ3n) is 2.89. The van der Waals surface area contributed by atoms with Crippen molar-refractivity contribution in [2.45, 2.75) is 18.6 Å². The van der Waals surface area contributed by atoms with E-state index in [1.54, 1.807) is 0 Å². The van der Waals surface area contributed by atoms with Gasteiger partial charge in [-0.15, -0.1) is 0 Å². The molecule has 0 saturated carbocycles. The van der Waals surface area contributed by atoms with Gasteiger partial charge < -0.3 is 9.64 Å². The number of anilines is 1. The van der Waals surface area contributed by atoms with Crippen molar-refractivity contribution in [2.24, 2.45) is 0 Å². The van der Waals surface area contributed by atoms with Crippen LogP contribution in [0.1, 0.15) is 6.42 Å². The molecular formula is C11H11NO2. The predicted molar refractivity (Wildman–Crippen MR) is 52.1 cm³/mol. The van der Waals surface area contributed by atoms with Crippen LogP contribution < -0.4 is 4.90 Å². The van der Waals surface area contributed by atoms with E-state index in [1.807, 2.05) is 35.2 Å². The zero-order valence-corrected chi connectivity index (χ0v) is 7.72. The van der Waals surface area contributed by atoms with Crippen molar-refractivity contribution in [1.29, 1.82) is 0 Å². The molecule has 2 atom stereocenters. The van der Waals surface area contributed by atoms with Crippen LogP contribution in [-0.4, -0.2) is 24.7 Å². The van der Waals surface area contributed by atoms with Crippen molar-refractivity contribution in [3.05, 3.63) is 30.3 Å². The SMILES string of the molecule is O=C1C2CC(CO2)N1c1ccccc1. The minimum Gasteiger partial charge on any atom is -0.366 e. The zero-order valence-electron chi connectivity index (χ0n) is 7.72. The Labute approximate surface area is 82.3 Å². The van der Waals surface area contributed by atoms with Gasteiger partial charge in [0.2, 0.25) is 0 Å². The maximum atomic E-state index is 11.8. The molecule has 0 spiro atoms. The van der Waals surface area contributed by atoms with Crippen molar-refractivity contribution in [1.82, 2.24) is 0 Å². The van der Waals surface area contributed by atoms with Crippen LogP contribution in [0.4, 0.5) is 5.69 Å². The number of ether oxygens (including phenoxy) is 1. The standard InChI is InChI=1S/C11H11NO2/c13-11-10-6-9(7-14-10)12(11)8-4-2-1-3-5-8/h1-5,9-10H,6-7H2. The molecule has 0 aromatic heterocycles. The molecule has 0 aliphatic carbocycles. The van der Waals surface area contributed by atoms with Crippen molar-refractivity contribution in [3.63, 3.8) is 0 Å². The fraction of sp³-hybridized carbons (Fsp3) is 0.364. The Hall–Kier alpha value is -1.35. The zero-order chi connectivity index (χ0) is 9.54. The number of carbonyl (C=O) groups excluding carboxylic acids is 1. The van der Waals surface area contributed by atoms with Crippen LogP contribution in [-0.2, 0) is 9.53 Å². The molecule has 1 aromatic carbocycles. The van der Waals surface area contributed by atoms with Crippen molar-refractivity contribution in [3.8, 4) is 0 Å². The summed E-state index contributed by atoms with van der Waals surface area (Å²) >= 11 is 0. The second-order valence-electron chi connectivity index (χ2n) is 3.76. The smallest absolute Gasteiger partial charge is 0.256 e. The summed E-state index contributed by atoms with van der Waals surface area (Å²) in [5.41, 5.74) is 0.994. The molecule has 0 N–H and O–H groups in total. The largest absolute Gasteiger partial charge is 0.366 e. The van der Waals surface area contributed by atoms with E-state index in [1.165, 1.54) is 0 Å². The fourth-order valence-corrected chi connectivity index (χ4v) is 2.22. The van der Waals surface area contributed by atoms with E-state index in [-0.39, 0.29) is 18.1 Å². The van der Waals surface area contributed by atoms with Crippen LogP contribution in [0.15, 0.2) is 30.3 Å². The number of hydrogen-bond acceptors (Lipinski definition) is 2. The normalized spacial score (nSPS) is 30.0. The van der Waals surface area contributed by atoms with Gasteiger partial charge in [-0.25, -0.2) is 0 Å². The highest BCUT2D eigenvalue weighted by atomic mass is 16.5. The first-order valence-corrected chi connectivity index (χ1v) is 4.86. The van der Waals surface area contributed by atoms with E-state index in [4.69, 9.17) is 4.74 Å². The lowest BCUT2D eigenvalue weighted by atomic mass is 10.2. The topological polar surface area (TPSA) is 29.5 Å². The van der Waals surface area contributed by atoms with Gasteiger partial charge in [0.1, 0.15) is 6.10 Å². The highest BCUT2D eigenvalue weighted by Gasteiger charge is 2.46. The van der Waals surface area contributed by atoms with Crippen LogP contribution in [0.5, 0.6) is 0 Å². The van der Waals surface area contributed by atoms with Gasteiger partial charge in [-0.1, -0.05) is 18.2 Å². The summed E-state index contributed by atoms with van der Waals surface area (Å²) in [7, 11) is 0. The highest BCUT2D eigenvalue weighted by molar-refractivity contribution is 6.00. The molecule has 3 rings (SSSR count). The van der Waals surface area contributed by atoms with Crippen molar-refractivity contribution < 1.29 is 9.53 Å². The summed E-state index contributed by atoms with van der Waals surface area (Å²) in [6.45, 7) is 0.686. The molecule has 2 fully saturated rings. The molecule has 2 unspecified atom stereocenters. The average Bonchev–Trinajstić information content (AvgIpc) is 2.79. The van der Waals surface area contributed by atoms with Crippen LogP contribution in [0.25, 0.3) is 0 Å². The molecule has 2 saturated heterocycles. The number of amides is 1. The Kier molecular flexibility index (Phi) is 1.61. The van der Waals surface area contributed by atoms with Crippen molar-refractivity contribution >= 4 is 11.6 Å². The molecule has 72 valence electrons. The number of benzene rings is 1. The van der Waals surface area contributed by atoms with E-state index >= 15 is 0 Å². The van der Waals surface area contributed by atoms with Gasteiger partial charge in [0.15, 0.2) is 0 Å². The molecule has 1 amide bonds. The molecular weight excluding hydrogens is 178 g/mol. The molecule has 2 aliphatic heterocycles. The third-order valence-corrected chi connectivity index (χ3v) is 2.89. The molecule has 3 nitrogen and oxygen atoms in total. The molecule has 2 aliphatic rings. The number of fused-ring (bicyclic) bond motifs is 2. The van der Waals surface area contributed by atoms with Gasteiger partial charge >= 0.3 is 0 Å². The second kappa shape index (κ2) is 2.82. The fourth-order valence-electron chi connectivity index (χ4n) is 2.22. The highest BCUT2D eigenvalue weighted by Crippen LogP contribution is 2.33. The van der Waals surface area contributed by atoms with E-state index in [0.717, 1.165) is 12.1 Å². The van der Waals surface area contributed by atoms with Crippen LogP contribution in [0.3, 0.4) is 0 Å². The summed E-state index contributed by atoms with van der Waals surface area (Å²) in [5, 5.41) is 0. The Morgan fingerprint density at radius 3 is 2.71 bits per heavy atom. The van der Waals surface area contributed by atoms with Crippen LogP contribution in [0, 0.1) is 0 Å². The summed E-state index contributed by atoms with van der Waals surface area (Å²) in [6.07, 6.45) is 0.675. The van der Waals surface area contributed by atoms with Crippen molar-refractivity contribution in [2.75, 3.05) is 11.5 Å². The first-order chi connectivity index (χ1) is 6.86. The number of nitrogens with zero attached hydrogens (tertiary/aromatic N) is 1. The Morgan fingerprint density at radius 1 is 1.29 bits per heavy atom. The predicted octanol–water partition coefficient (Wildman–Crippen LogP) is 1.19. The third kappa shape index (κ3) is 0.990. The van der Waals surface area contributed by atoms with Gasteiger partial charge in [-0.05, 0) is 12.1 Å². The number of para-hydroxylation sites is 1. The molecule has 14 heavy (non-hydrogen) atoms. The second-order valence-corrected chi connectivity index (χ2v) is 3.76. The lowest BCUT2D eigenvalue weighted by molar-refractivity contribution is -0.128.